The number of furan rings is 1. The Balaban J connectivity index is 1.86. The molecule has 34 heavy (non-hydrogen) atoms. The molecule has 3 aromatic rings. The van der Waals surface area contributed by atoms with Crippen molar-refractivity contribution in [2.75, 3.05) is 0 Å². The molecule has 0 saturated heterocycles. The SMILES string of the molecule is CC(C)=CCC[C@]1(C)C=Cc2c(O)cc(-c3cc4c(O)cc(O)cc4o3)c(CC=C(C)C)c2O1. The van der Waals surface area contributed by atoms with Crippen LogP contribution in [0.15, 0.2) is 58.1 Å². The largest absolute Gasteiger partial charge is 0.508 e. The minimum absolute atomic E-state index is 0.0657. The summed E-state index contributed by atoms with van der Waals surface area (Å²) < 4.78 is 12.6. The molecule has 1 aliphatic heterocycles. The molecule has 0 aliphatic carbocycles. The van der Waals surface area contributed by atoms with E-state index >= 15 is 0 Å². The Bertz CT molecular complexity index is 1330. The van der Waals surface area contributed by atoms with Crippen molar-refractivity contribution in [1.29, 1.82) is 0 Å². The van der Waals surface area contributed by atoms with Gasteiger partial charge in [0.1, 0.15) is 39.9 Å². The average molecular weight is 461 g/mol. The Morgan fingerprint density at radius 1 is 0.941 bits per heavy atom. The van der Waals surface area contributed by atoms with E-state index in [4.69, 9.17) is 9.15 Å². The molecule has 3 N–H and O–H groups in total. The van der Waals surface area contributed by atoms with Crippen LogP contribution in [0.1, 0.15) is 58.6 Å². The zero-order valence-electron chi connectivity index (χ0n) is 20.4. The van der Waals surface area contributed by atoms with Crippen LogP contribution >= 0.6 is 0 Å². The highest BCUT2D eigenvalue weighted by atomic mass is 16.5. The van der Waals surface area contributed by atoms with E-state index in [0.29, 0.717) is 40.0 Å². The van der Waals surface area contributed by atoms with E-state index in [1.54, 1.807) is 12.1 Å². The number of phenols is 3. The lowest BCUT2D eigenvalue weighted by Crippen LogP contribution is -2.32. The molecule has 0 unspecified atom stereocenters. The molecule has 1 aromatic heterocycles. The number of ether oxygens (including phenoxy) is 1. The van der Waals surface area contributed by atoms with Crippen molar-refractivity contribution in [2.45, 2.75) is 59.5 Å². The van der Waals surface area contributed by atoms with Gasteiger partial charge in [-0.2, -0.15) is 0 Å². The molecular weight excluding hydrogens is 428 g/mol. The lowest BCUT2D eigenvalue weighted by Gasteiger charge is -2.33. The Kier molecular flexibility index (Phi) is 6.22. The summed E-state index contributed by atoms with van der Waals surface area (Å²) in [6.45, 7) is 10.3. The standard InChI is InChI=1S/C29H32O5/c1-17(2)7-6-11-29(5)12-10-21-25(32)15-22(20(28(21)34-29)9-8-18(3)4)27-16-23-24(31)13-19(30)14-26(23)33-27/h7-8,10,12-16,30-32H,6,9,11H2,1-5H3/t29-/m1/s1. The highest BCUT2D eigenvalue weighted by Crippen LogP contribution is 2.47. The van der Waals surface area contributed by atoms with Crippen LogP contribution in [0, 0.1) is 0 Å². The maximum absolute atomic E-state index is 10.9. The molecule has 0 spiro atoms. The van der Waals surface area contributed by atoms with Gasteiger partial charge in [-0.25, -0.2) is 0 Å². The van der Waals surface area contributed by atoms with Gasteiger partial charge in [-0.05, 0) is 78.2 Å². The first kappa shape index (κ1) is 23.6. The number of benzene rings is 2. The lowest BCUT2D eigenvalue weighted by atomic mass is 9.90. The first-order valence-electron chi connectivity index (χ1n) is 11.6. The van der Waals surface area contributed by atoms with Crippen molar-refractivity contribution in [1.82, 2.24) is 0 Å². The number of rotatable bonds is 6. The van der Waals surface area contributed by atoms with Crippen molar-refractivity contribution in [3.8, 4) is 34.3 Å². The summed E-state index contributed by atoms with van der Waals surface area (Å²) >= 11 is 0. The van der Waals surface area contributed by atoms with Crippen molar-refractivity contribution in [3.05, 3.63) is 64.8 Å². The average Bonchev–Trinajstić information content (AvgIpc) is 3.16. The Morgan fingerprint density at radius 3 is 2.38 bits per heavy atom. The molecule has 0 bridgehead atoms. The number of hydrogen-bond donors (Lipinski definition) is 3. The van der Waals surface area contributed by atoms with Gasteiger partial charge in [0.25, 0.3) is 0 Å². The molecule has 5 nitrogen and oxygen atoms in total. The quantitative estimate of drug-likeness (QED) is 0.329. The van der Waals surface area contributed by atoms with E-state index in [1.807, 2.05) is 26.0 Å². The maximum Gasteiger partial charge on any atom is 0.142 e. The molecule has 0 amide bonds. The van der Waals surface area contributed by atoms with Crippen LogP contribution in [0.5, 0.6) is 23.0 Å². The zero-order valence-corrected chi connectivity index (χ0v) is 20.4. The van der Waals surface area contributed by atoms with Gasteiger partial charge in [0.15, 0.2) is 0 Å². The van der Waals surface area contributed by atoms with Crippen LogP contribution in [0.25, 0.3) is 28.4 Å². The number of allylic oxidation sites excluding steroid dienone is 4. The second-order valence-corrected chi connectivity index (χ2v) is 9.71. The highest BCUT2D eigenvalue weighted by Gasteiger charge is 2.31. The van der Waals surface area contributed by atoms with E-state index in [-0.39, 0.29) is 17.2 Å². The normalized spacial score (nSPS) is 16.7. The lowest BCUT2D eigenvalue weighted by molar-refractivity contribution is 0.127. The van der Waals surface area contributed by atoms with Gasteiger partial charge in [-0.1, -0.05) is 23.3 Å². The molecule has 4 rings (SSSR count). The topological polar surface area (TPSA) is 83.1 Å². The van der Waals surface area contributed by atoms with Gasteiger partial charge in [0, 0.05) is 23.3 Å². The molecule has 0 saturated carbocycles. The fourth-order valence-electron chi connectivity index (χ4n) is 4.26. The molecular formula is C29H32O5. The van der Waals surface area contributed by atoms with Gasteiger partial charge < -0.3 is 24.5 Å². The third kappa shape index (κ3) is 4.69. The molecule has 1 atom stereocenters. The van der Waals surface area contributed by atoms with Crippen LogP contribution in [0.2, 0.25) is 0 Å². The first-order chi connectivity index (χ1) is 16.1. The molecule has 5 heteroatoms. The fraction of sp³-hybridized carbons (Fsp3) is 0.310. The first-order valence-corrected chi connectivity index (χ1v) is 11.6. The molecule has 1 aliphatic rings. The van der Waals surface area contributed by atoms with Crippen LogP contribution in [-0.2, 0) is 6.42 Å². The maximum atomic E-state index is 10.9. The third-order valence-electron chi connectivity index (χ3n) is 6.11. The van der Waals surface area contributed by atoms with E-state index in [1.165, 1.54) is 17.7 Å². The molecule has 2 aromatic carbocycles. The van der Waals surface area contributed by atoms with Crippen LogP contribution in [-0.4, -0.2) is 20.9 Å². The smallest absolute Gasteiger partial charge is 0.142 e. The molecule has 0 radical (unpaired) electrons. The zero-order chi connectivity index (χ0) is 24.6. The summed E-state index contributed by atoms with van der Waals surface area (Å²) in [4.78, 5) is 0. The van der Waals surface area contributed by atoms with Gasteiger partial charge >= 0.3 is 0 Å². The Morgan fingerprint density at radius 2 is 1.68 bits per heavy atom. The van der Waals surface area contributed by atoms with Gasteiger partial charge in [0.05, 0.1) is 10.9 Å². The summed E-state index contributed by atoms with van der Waals surface area (Å²) in [7, 11) is 0. The van der Waals surface area contributed by atoms with Gasteiger partial charge in [-0.15, -0.1) is 0 Å². The fourth-order valence-corrected chi connectivity index (χ4v) is 4.26. The molecule has 2 heterocycles. The number of phenolic OH excluding ortho intramolecular Hbond substituents is 3. The predicted molar refractivity (Wildman–Crippen MR) is 137 cm³/mol. The van der Waals surface area contributed by atoms with Gasteiger partial charge in [-0.3, -0.25) is 0 Å². The minimum Gasteiger partial charge on any atom is -0.508 e. The van der Waals surface area contributed by atoms with E-state index < -0.39 is 5.60 Å². The summed E-state index contributed by atoms with van der Waals surface area (Å²) in [6, 6.07) is 6.15. The summed E-state index contributed by atoms with van der Waals surface area (Å²) in [5, 5.41) is 31.5. The van der Waals surface area contributed by atoms with Crippen molar-refractivity contribution >= 4 is 17.0 Å². The van der Waals surface area contributed by atoms with E-state index in [0.717, 1.165) is 24.0 Å². The van der Waals surface area contributed by atoms with Crippen molar-refractivity contribution in [3.63, 3.8) is 0 Å². The Labute approximate surface area is 200 Å². The van der Waals surface area contributed by atoms with E-state index in [9.17, 15) is 15.3 Å². The van der Waals surface area contributed by atoms with Crippen molar-refractivity contribution in [2.24, 2.45) is 0 Å². The monoisotopic (exact) mass is 460 g/mol. The molecule has 0 fully saturated rings. The summed E-state index contributed by atoms with van der Waals surface area (Å²) in [5.74, 6) is 1.08. The third-order valence-corrected chi connectivity index (χ3v) is 6.11. The predicted octanol–water partition coefficient (Wildman–Crippen LogP) is 7.64. The number of aromatic hydroxyl groups is 3. The summed E-state index contributed by atoms with van der Waals surface area (Å²) in [5.41, 5.74) is 4.52. The number of fused-ring (bicyclic) bond motifs is 2. The number of hydrogen-bond acceptors (Lipinski definition) is 5. The van der Waals surface area contributed by atoms with Gasteiger partial charge in [0.2, 0.25) is 0 Å². The van der Waals surface area contributed by atoms with Crippen LogP contribution in [0.3, 0.4) is 0 Å². The molecule has 178 valence electrons. The van der Waals surface area contributed by atoms with Crippen LogP contribution in [0.4, 0.5) is 0 Å². The summed E-state index contributed by atoms with van der Waals surface area (Å²) in [6.07, 6.45) is 10.6. The second-order valence-electron chi connectivity index (χ2n) is 9.71. The van der Waals surface area contributed by atoms with Crippen LogP contribution < -0.4 is 4.74 Å². The van der Waals surface area contributed by atoms with E-state index in [2.05, 4.69) is 32.9 Å². The second kappa shape index (κ2) is 8.98. The highest BCUT2D eigenvalue weighted by molar-refractivity contribution is 5.90. The van der Waals surface area contributed by atoms with Crippen molar-refractivity contribution < 1.29 is 24.5 Å². The Hall–Kier alpha value is -3.60. The minimum atomic E-state index is -0.512.